The summed E-state index contributed by atoms with van der Waals surface area (Å²) >= 11 is 0. The van der Waals surface area contributed by atoms with Crippen LogP contribution >= 0.6 is 0 Å². The molecule has 92 valence electrons. The van der Waals surface area contributed by atoms with Gasteiger partial charge in [-0.3, -0.25) is 0 Å². The molecule has 0 N–H and O–H groups in total. The van der Waals surface area contributed by atoms with Crippen LogP contribution in [0.25, 0.3) is 0 Å². The minimum Gasteiger partial charge on any atom is -0.406 e. The predicted octanol–water partition coefficient (Wildman–Crippen LogP) is 3.45. The van der Waals surface area contributed by atoms with E-state index < -0.39 is 9.04 Å². The van der Waals surface area contributed by atoms with Crippen molar-refractivity contribution < 1.29 is 4.43 Å². The minimum absolute atomic E-state index is 0.0226. The van der Waals surface area contributed by atoms with Crippen LogP contribution < -0.4 is 0 Å². The van der Waals surface area contributed by atoms with E-state index in [1.165, 1.54) is 0 Å². The SMILES string of the molecule is C[SiH](C)OC(C#Cc1ccccc1)C(C)(C)C. The van der Waals surface area contributed by atoms with E-state index in [0.29, 0.717) is 0 Å². The van der Waals surface area contributed by atoms with Crippen LogP contribution in [0.4, 0.5) is 0 Å². The van der Waals surface area contributed by atoms with Gasteiger partial charge in [-0.05, 0) is 30.6 Å². The van der Waals surface area contributed by atoms with Crippen molar-refractivity contribution in [2.45, 2.75) is 40.0 Å². The van der Waals surface area contributed by atoms with E-state index in [-0.39, 0.29) is 11.5 Å². The third kappa shape index (κ3) is 5.21. The van der Waals surface area contributed by atoms with E-state index in [2.05, 4.69) is 45.7 Å². The molecule has 0 saturated carbocycles. The standard InChI is InChI=1S/C15H22OSi/c1-15(2,3)14(16-17(4)5)12-11-13-9-7-6-8-10-13/h6-10,14,17H,1-5H3. The van der Waals surface area contributed by atoms with Crippen molar-refractivity contribution in [2.24, 2.45) is 5.41 Å². The van der Waals surface area contributed by atoms with Crippen LogP contribution in [0.5, 0.6) is 0 Å². The Bertz CT molecular complexity index is 392. The summed E-state index contributed by atoms with van der Waals surface area (Å²) in [6.07, 6.45) is 0.0226. The average molecular weight is 246 g/mol. The lowest BCUT2D eigenvalue weighted by molar-refractivity contribution is 0.138. The Balaban J connectivity index is 2.84. The molecular formula is C15H22OSi. The molecule has 0 amide bonds. The minimum atomic E-state index is -1.06. The van der Waals surface area contributed by atoms with Crippen molar-refractivity contribution in [3.63, 3.8) is 0 Å². The zero-order valence-corrected chi connectivity index (χ0v) is 12.6. The lowest BCUT2D eigenvalue weighted by atomic mass is 9.89. The van der Waals surface area contributed by atoms with Gasteiger partial charge in [0, 0.05) is 5.56 Å². The molecule has 1 aromatic rings. The Kier molecular flexibility index (Phi) is 4.98. The van der Waals surface area contributed by atoms with Crippen LogP contribution in [0.2, 0.25) is 13.1 Å². The summed E-state index contributed by atoms with van der Waals surface area (Å²) < 4.78 is 6.00. The molecular weight excluding hydrogens is 224 g/mol. The molecule has 0 radical (unpaired) electrons. The first-order valence-corrected chi connectivity index (χ1v) is 8.89. The van der Waals surface area contributed by atoms with Gasteiger partial charge in [0.15, 0.2) is 9.04 Å². The number of hydrogen-bond donors (Lipinski definition) is 0. The Morgan fingerprint density at radius 1 is 1.12 bits per heavy atom. The van der Waals surface area contributed by atoms with Gasteiger partial charge in [0.1, 0.15) is 6.10 Å². The highest BCUT2D eigenvalue weighted by molar-refractivity contribution is 6.48. The van der Waals surface area contributed by atoms with Gasteiger partial charge in [0.25, 0.3) is 0 Å². The maximum Gasteiger partial charge on any atom is 0.172 e. The molecule has 0 aliphatic carbocycles. The maximum atomic E-state index is 6.00. The summed E-state index contributed by atoms with van der Waals surface area (Å²) in [6, 6.07) is 10.1. The van der Waals surface area contributed by atoms with Crippen molar-refractivity contribution in [2.75, 3.05) is 0 Å². The molecule has 0 spiro atoms. The van der Waals surface area contributed by atoms with Gasteiger partial charge in [0.05, 0.1) is 0 Å². The van der Waals surface area contributed by atoms with Gasteiger partial charge in [-0.25, -0.2) is 0 Å². The van der Waals surface area contributed by atoms with Crippen LogP contribution in [0.1, 0.15) is 26.3 Å². The Morgan fingerprint density at radius 3 is 2.18 bits per heavy atom. The summed E-state index contributed by atoms with van der Waals surface area (Å²) in [5.41, 5.74) is 1.12. The second-order valence-corrected chi connectivity index (χ2v) is 7.94. The smallest absolute Gasteiger partial charge is 0.172 e. The highest BCUT2D eigenvalue weighted by Crippen LogP contribution is 2.22. The zero-order chi connectivity index (χ0) is 12.9. The first kappa shape index (κ1) is 14.0. The van der Waals surface area contributed by atoms with E-state index in [9.17, 15) is 0 Å². The number of rotatable bonds is 2. The molecule has 1 nitrogen and oxygen atoms in total. The molecule has 17 heavy (non-hydrogen) atoms. The molecule has 1 rings (SSSR count). The number of benzene rings is 1. The third-order valence-corrected chi connectivity index (χ3v) is 3.13. The molecule has 0 aliphatic heterocycles. The van der Waals surface area contributed by atoms with E-state index in [1.54, 1.807) is 0 Å². The topological polar surface area (TPSA) is 9.23 Å². The van der Waals surface area contributed by atoms with Gasteiger partial charge in [-0.2, -0.15) is 0 Å². The van der Waals surface area contributed by atoms with Gasteiger partial charge in [-0.15, -0.1) is 0 Å². The van der Waals surface area contributed by atoms with Crippen molar-refractivity contribution >= 4 is 9.04 Å². The fourth-order valence-electron chi connectivity index (χ4n) is 1.40. The summed E-state index contributed by atoms with van der Waals surface area (Å²) in [7, 11) is -1.06. The summed E-state index contributed by atoms with van der Waals surface area (Å²) in [5.74, 6) is 6.47. The Labute approximate surface area is 107 Å². The van der Waals surface area contributed by atoms with Crippen molar-refractivity contribution in [1.29, 1.82) is 0 Å². The maximum absolute atomic E-state index is 6.00. The average Bonchev–Trinajstić information content (AvgIpc) is 2.23. The third-order valence-electron chi connectivity index (χ3n) is 2.32. The first-order valence-electron chi connectivity index (χ1n) is 6.11. The van der Waals surface area contributed by atoms with E-state index in [0.717, 1.165) is 5.56 Å². The lowest BCUT2D eigenvalue weighted by Crippen LogP contribution is -2.31. The van der Waals surface area contributed by atoms with Crippen molar-refractivity contribution in [1.82, 2.24) is 0 Å². The molecule has 1 unspecified atom stereocenters. The Hall–Kier alpha value is -1.04. The Morgan fingerprint density at radius 2 is 1.71 bits per heavy atom. The van der Waals surface area contributed by atoms with Crippen molar-refractivity contribution in [3.05, 3.63) is 35.9 Å². The molecule has 0 saturated heterocycles. The molecule has 0 heterocycles. The van der Waals surface area contributed by atoms with Crippen LogP contribution in [0.3, 0.4) is 0 Å². The highest BCUT2D eigenvalue weighted by Gasteiger charge is 2.24. The van der Waals surface area contributed by atoms with E-state index in [4.69, 9.17) is 4.43 Å². The largest absolute Gasteiger partial charge is 0.406 e. The first-order chi connectivity index (χ1) is 7.89. The van der Waals surface area contributed by atoms with Crippen LogP contribution in [0.15, 0.2) is 30.3 Å². The van der Waals surface area contributed by atoms with Crippen LogP contribution in [-0.2, 0) is 4.43 Å². The predicted molar refractivity (Wildman–Crippen MR) is 76.5 cm³/mol. The molecule has 0 bridgehead atoms. The molecule has 0 fully saturated rings. The fraction of sp³-hybridized carbons (Fsp3) is 0.467. The van der Waals surface area contributed by atoms with Crippen LogP contribution in [0, 0.1) is 17.3 Å². The monoisotopic (exact) mass is 246 g/mol. The van der Waals surface area contributed by atoms with Crippen LogP contribution in [-0.4, -0.2) is 15.1 Å². The molecule has 0 aromatic heterocycles. The van der Waals surface area contributed by atoms with Gasteiger partial charge in [0.2, 0.25) is 0 Å². The molecule has 1 aromatic carbocycles. The second kappa shape index (κ2) is 6.04. The summed E-state index contributed by atoms with van der Waals surface area (Å²) in [6.45, 7) is 10.9. The summed E-state index contributed by atoms with van der Waals surface area (Å²) in [4.78, 5) is 0. The van der Waals surface area contributed by atoms with E-state index in [1.807, 2.05) is 30.3 Å². The lowest BCUT2D eigenvalue weighted by Gasteiger charge is -2.28. The zero-order valence-electron chi connectivity index (χ0n) is 11.4. The van der Waals surface area contributed by atoms with Gasteiger partial charge in [-0.1, -0.05) is 50.8 Å². The molecule has 0 aliphatic rings. The normalized spacial score (nSPS) is 13.1. The molecule has 1 atom stereocenters. The highest BCUT2D eigenvalue weighted by atomic mass is 28.3. The van der Waals surface area contributed by atoms with E-state index >= 15 is 0 Å². The van der Waals surface area contributed by atoms with Crippen molar-refractivity contribution in [3.8, 4) is 11.8 Å². The quantitative estimate of drug-likeness (QED) is 0.573. The number of hydrogen-bond acceptors (Lipinski definition) is 1. The second-order valence-electron chi connectivity index (χ2n) is 5.57. The van der Waals surface area contributed by atoms with Gasteiger partial charge >= 0.3 is 0 Å². The van der Waals surface area contributed by atoms with Gasteiger partial charge < -0.3 is 4.43 Å². The summed E-state index contributed by atoms with van der Waals surface area (Å²) in [5, 5.41) is 0. The fourth-order valence-corrected chi connectivity index (χ4v) is 2.42. The molecule has 2 heteroatoms.